The third-order valence-corrected chi connectivity index (χ3v) is 3.29. The fraction of sp³-hybridized carbons (Fsp3) is 0.643. The number of rotatable bonds is 8. The fourth-order valence-electron chi connectivity index (χ4n) is 1.82. The molecule has 4 nitrogen and oxygen atoms in total. The molecular formula is C14H24BrN3O. The normalized spacial score (nSPS) is 11.1. The Hall–Kier alpha value is -0.650. The van der Waals surface area contributed by atoms with Gasteiger partial charge in [-0.1, -0.05) is 13.8 Å². The molecule has 0 aromatic carbocycles. The number of hydrogen-bond acceptors (Lipinski definition) is 4. The highest BCUT2D eigenvalue weighted by Gasteiger charge is 2.12. The summed E-state index contributed by atoms with van der Waals surface area (Å²) in [5.41, 5.74) is 1.21. The first kappa shape index (κ1) is 16.4. The molecule has 0 spiro atoms. The van der Waals surface area contributed by atoms with Gasteiger partial charge in [0.2, 0.25) is 0 Å². The van der Waals surface area contributed by atoms with Crippen LogP contribution in [0.3, 0.4) is 0 Å². The van der Waals surface area contributed by atoms with Gasteiger partial charge in [-0.2, -0.15) is 0 Å². The van der Waals surface area contributed by atoms with Gasteiger partial charge in [-0.25, -0.2) is 4.98 Å². The third-order valence-electron chi connectivity index (χ3n) is 2.86. The number of aromatic nitrogens is 1. The van der Waals surface area contributed by atoms with Crippen molar-refractivity contribution in [3.63, 3.8) is 0 Å². The van der Waals surface area contributed by atoms with Gasteiger partial charge in [0.15, 0.2) is 0 Å². The minimum Gasteiger partial charge on any atom is -0.383 e. The Morgan fingerprint density at radius 3 is 2.79 bits per heavy atom. The van der Waals surface area contributed by atoms with Crippen molar-refractivity contribution in [2.24, 2.45) is 0 Å². The first-order chi connectivity index (χ1) is 9.08. The van der Waals surface area contributed by atoms with Crippen LogP contribution in [0.25, 0.3) is 0 Å². The molecule has 1 N–H and O–H groups in total. The van der Waals surface area contributed by atoms with Gasteiger partial charge in [-0.05, 0) is 28.9 Å². The van der Waals surface area contributed by atoms with Crippen LogP contribution in [0, 0.1) is 0 Å². The lowest BCUT2D eigenvalue weighted by Crippen LogP contribution is -2.30. The summed E-state index contributed by atoms with van der Waals surface area (Å²) < 4.78 is 6.18. The summed E-state index contributed by atoms with van der Waals surface area (Å²) >= 11 is 3.49. The summed E-state index contributed by atoms with van der Waals surface area (Å²) in [7, 11) is 1.73. The molecule has 1 rings (SSSR count). The van der Waals surface area contributed by atoms with Crippen molar-refractivity contribution < 1.29 is 4.74 Å². The minimum atomic E-state index is 0.459. The van der Waals surface area contributed by atoms with Crippen molar-refractivity contribution >= 4 is 21.7 Å². The van der Waals surface area contributed by atoms with E-state index in [0.29, 0.717) is 12.6 Å². The smallest absolute Gasteiger partial charge is 0.133 e. The molecule has 108 valence electrons. The van der Waals surface area contributed by atoms with Crippen molar-refractivity contribution in [3.8, 4) is 0 Å². The molecule has 0 radical (unpaired) electrons. The number of likely N-dealkylation sites (N-methyl/N-ethyl adjacent to an activating group) is 1. The van der Waals surface area contributed by atoms with E-state index in [1.807, 2.05) is 6.20 Å². The molecule has 0 atom stereocenters. The molecule has 0 bridgehead atoms. The van der Waals surface area contributed by atoms with Crippen LogP contribution in [-0.2, 0) is 11.3 Å². The fourth-order valence-corrected chi connectivity index (χ4v) is 2.20. The average Bonchev–Trinajstić information content (AvgIpc) is 2.38. The van der Waals surface area contributed by atoms with E-state index >= 15 is 0 Å². The zero-order chi connectivity index (χ0) is 14.3. The van der Waals surface area contributed by atoms with Crippen LogP contribution in [0.1, 0.15) is 26.3 Å². The second-order valence-corrected chi connectivity index (χ2v) is 5.66. The van der Waals surface area contributed by atoms with E-state index in [0.717, 1.165) is 29.9 Å². The van der Waals surface area contributed by atoms with Crippen LogP contribution >= 0.6 is 15.9 Å². The molecule has 0 fully saturated rings. The topological polar surface area (TPSA) is 37.4 Å². The van der Waals surface area contributed by atoms with Crippen LogP contribution < -0.4 is 10.2 Å². The van der Waals surface area contributed by atoms with Gasteiger partial charge in [-0.15, -0.1) is 0 Å². The van der Waals surface area contributed by atoms with E-state index in [4.69, 9.17) is 4.74 Å². The van der Waals surface area contributed by atoms with E-state index in [2.05, 4.69) is 58.0 Å². The van der Waals surface area contributed by atoms with Gasteiger partial charge in [0.25, 0.3) is 0 Å². The number of pyridine rings is 1. The Labute approximate surface area is 124 Å². The van der Waals surface area contributed by atoms with E-state index in [-0.39, 0.29) is 0 Å². The number of methoxy groups -OCH3 is 1. The Kier molecular flexibility index (Phi) is 7.34. The molecule has 0 aliphatic rings. The molecule has 0 aliphatic heterocycles. The highest BCUT2D eigenvalue weighted by atomic mass is 79.9. The molecule has 1 heterocycles. The summed E-state index contributed by atoms with van der Waals surface area (Å²) in [5.74, 6) is 1.04. The van der Waals surface area contributed by atoms with E-state index in [1.54, 1.807) is 7.11 Å². The van der Waals surface area contributed by atoms with Crippen LogP contribution in [-0.4, -0.2) is 37.8 Å². The number of ether oxygens (including phenoxy) is 1. The average molecular weight is 330 g/mol. The minimum absolute atomic E-state index is 0.459. The summed E-state index contributed by atoms with van der Waals surface area (Å²) in [4.78, 5) is 6.81. The molecule has 1 aromatic heterocycles. The van der Waals surface area contributed by atoms with Crippen molar-refractivity contribution in [1.82, 2.24) is 10.3 Å². The molecule has 5 heteroatoms. The molecule has 0 unspecified atom stereocenters. The first-order valence-corrected chi connectivity index (χ1v) is 7.49. The van der Waals surface area contributed by atoms with Gasteiger partial charge >= 0.3 is 0 Å². The van der Waals surface area contributed by atoms with Crippen LogP contribution in [0.2, 0.25) is 0 Å². The Bertz CT molecular complexity index is 385. The summed E-state index contributed by atoms with van der Waals surface area (Å²) in [6, 6.07) is 2.59. The second kappa shape index (κ2) is 8.51. The third kappa shape index (κ3) is 5.47. The number of hydrogen-bond donors (Lipinski definition) is 1. The zero-order valence-corrected chi connectivity index (χ0v) is 13.8. The predicted molar refractivity (Wildman–Crippen MR) is 83.7 cm³/mol. The monoisotopic (exact) mass is 329 g/mol. The Morgan fingerprint density at radius 1 is 1.47 bits per heavy atom. The Morgan fingerprint density at radius 2 is 2.21 bits per heavy atom. The largest absolute Gasteiger partial charge is 0.383 e. The highest BCUT2D eigenvalue weighted by Crippen LogP contribution is 2.21. The molecular weight excluding hydrogens is 306 g/mol. The maximum absolute atomic E-state index is 5.16. The number of halogens is 1. The van der Waals surface area contributed by atoms with Gasteiger partial charge in [0.1, 0.15) is 5.82 Å². The van der Waals surface area contributed by atoms with Crippen molar-refractivity contribution in [1.29, 1.82) is 0 Å². The van der Waals surface area contributed by atoms with E-state index in [9.17, 15) is 0 Å². The number of nitrogens with one attached hydrogen (secondary N) is 1. The van der Waals surface area contributed by atoms with E-state index in [1.165, 1.54) is 5.56 Å². The molecule has 0 amide bonds. The summed E-state index contributed by atoms with van der Waals surface area (Å²) in [6.45, 7) is 9.74. The van der Waals surface area contributed by atoms with Gasteiger partial charge in [0.05, 0.1) is 6.61 Å². The quantitative estimate of drug-likeness (QED) is 0.795. The van der Waals surface area contributed by atoms with Crippen molar-refractivity contribution in [3.05, 3.63) is 22.3 Å². The first-order valence-electron chi connectivity index (χ1n) is 6.70. The van der Waals surface area contributed by atoms with Gasteiger partial charge in [0, 0.05) is 49.0 Å². The van der Waals surface area contributed by atoms with Gasteiger partial charge in [-0.3, -0.25) is 0 Å². The van der Waals surface area contributed by atoms with E-state index < -0.39 is 0 Å². The molecule has 0 saturated carbocycles. The lowest BCUT2D eigenvalue weighted by Gasteiger charge is -2.24. The number of nitrogens with zero attached hydrogens (tertiary/aromatic N) is 2. The standard InChI is InChI=1S/C14H24BrN3O/c1-5-18(6-7-19-4)14-12(9-16-11(2)3)8-13(15)10-17-14/h8,10-11,16H,5-7,9H2,1-4H3. The zero-order valence-electron chi connectivity index (χ0n) is 12.2. The maximum atomic E-state index is 5.16. The lowest BCUT2D eigenvalue weighted by molar-refractivity contribution is 0.205. The van der Waals surface area contributed by atoms with Crippen LogP contribution in [0.5, 0.6) is 0 Å². The van der Waals surface area contributed by atoms with Gasteiger partial charge < -0.3 is 15.0 Å². The van der Waals surface area contributed by atoms with Crippen LogP contribution in [0.4, 0.5) is 5.82 Å². The summed E-state index contributed by atoms with van der Waals surface area (Å²) in [6.07, 6.45) is 1.85. The second-order valence-electron chi connectivity index (χ2n) is 4.74. The maximum Gasteiger partial charge on any atom is 0.133 e. The predicted octanol–water partition coefficient (Wildman–Crippen LogP) is 2.81. The van der Waals surface area contributed by atoms with Crippen LogP contribution in [0.15, 0.2) is 16.7 Å². The van der Waals surface area contributed by atoms with Crippen molar-refractivity contribution in [2.75, 3.05) is 31.7 Å². The Balaban J connectivity index is 2.89. The lowest BCUT2D eigenvalue weighted by atomic mass is 10.2. The SMILES string of the molecule is CCN(CCOC)c1ncc(Br)cc1CNC(C)C. The molecule has 0 aliphatic carbocycles. The molecule has 19 heavy (non-hydrogen) atoms. The summed E-state index contributed by atoms with van der Waals surface area (Å²) in [5, 5.41) is 3.45. The number of anilines is 1. The van der Waals surface area contributed by atoms with Crippen molar-refractivity contribution in [2.45, 2.75) is 33.4 Å². The molecule has 1 aromatic rings. The molecule has 0 saturated heterocycles. The highest BCUT2D eigenvalue weighted by molar-refractivity contribution is 9.10.